The van der Waals surface area contributed by atoms with Gasteiger partial charge in [0.05, 0.1) is 0 Å². The summed E-state index contributed by atoms with van der Waals surface area (Å²) in [6, 6.07) is 0. The minimum absolute atomic E-state index is 0.0451. The fourth-order valence-electron chi connectivity index (χ4n) is 1.57. The van der Waals surface area contributed by atoms with E-state index in [1.165, 1.54) is 32.1 Å². The first-order valence-electron chi connectivity index (χ1n) is 4.18. The van der Waals surface area contributed by atoms with Gasteiger partial charge in [0.25, 0.3) is 0 Å². The predicted octanol–water partition coefficient (Wildman–Crippen LogP) is 2.55. The maximum atomic E-state index is 10.1. The van der Waals surface area contributed by atoms with Crippen LogP contribution in [0.1, 0.15) is 32.1 Å². The maximum absolute atomic E-state index is 10.1. The number of allylic oxidation sites excluding steroid dienone is 1. The number of rotatable bonds is 2. The van der Waals surface area contributed by atoms with Crippen molar-refractivity contribution in [2.45, 2.75) is 32.1 Å². The van der Waals surface area contributed by atoms with Crippen LogP contribution in [-0.4, -0.2) is 6.61 Å². The first kappa shape index (κ1) is 7.80. The molecule has 1 aliphatic carbocycles. The highest BCUT2D eigenvalue weighted by atomic mass is 16.2. The first-order valence-corrected chi connectivity index (χ1v) is 4.18. The van der Waals surface area contributed by atoms with E-state index in [2.05, 4.69) is 6.08 Å². The summed E-state index contributed by atoms with van der Waals surface area (Å²) in [5.74, 6) is 0.725. The van der Waals surface area contributed by atoms with E-state index >= 15 is 0 Å². The van der Waals surface area contributed by atoms with Gasteiger partial charge in [0.1, 0.15) is 6.61 Å². The molecule has 0 aromatic heterocycles. The van der Waals surface area contributed by atoms with E-state index in [4.69, 9.17) is 0 Å². The zero-order valence-electron chi connectivity index (χ0n) is 6.38. The van der Waals surface area contributed by atoms with Gasteiger partial charge in [-0.25, -0.2) is 5.11 Å². The van der Waals surface area contributed by atoms with E-state index in [0.29, 0.717) is 0 Å². The van der Waals surface area contributed by atoms with Crippen LogP contribution in [0.2, 0.25) is 0 Å². The Bertz CT molecular complexity index is 101. The summed E-state index contributed by atoms with van der Waals surface area (Å²) < 4.78 is 0. The molecule has 0 aromatic carbocycles. The number of hydrogen-bond donors (Lipinski definition) is 0. The molecule has 0 N–H and O–H groups in total. The minimum Gasteiger partial charge on any atom is -0.232 e. The van der Waals surface area contributed by atoms with E-state index in [-0.39, 0.29) is 6.61 Å². The Hall–Kier alpha value is -0.300. The minimum atomic E-state index is -0.0451. The molecule has 0 unspecified atom stereocenters. The summed E-state index contributed by atoms with van der Waals surface area (Å²) >= 11 is 0. The topological polar surface area (TPSA) is 19.9 Å². The van der Waals surface area contributed by atoms with Crippen molar-refractivity contribution < 1.29 is 5.11 Å². The molecule has 57 valence electrons. The second-order valence-corrected chi connectivity index (χ2v) is 2.99. The summed E-state index contributed by atoms with van der Waals surface area (Å²) in [5.41, 5.74) is 0. The largest absolute Gasteiger partial charge is 0.232 e. The van der Waals surface area contributed by atoms with E-state index in [1.54, 1.807) is 6.08 Å². The van der Waals surface area contributed by atoms with Gasteiger partial charge in [0.2, 0.25) is 0 Å². The molecule has 0 spiro atoms. The Morgan fingerprint density at radius 3 is 2.50 bits per heavy atom. The standard InChI is InChI=1S/C9H15O/c10-8-4-7-9-5-2-1-3-6-9/h4,7,9H,1-3,5-6,8H2/b7-4+. The van der Waals surface area contributed by atoms with Crippen LogP contribution in [0.25, 0.3) is 0 Å². The van der Waals surface area contributed by atoms with Crippen LogP contribution in [0.4, 0.5) is 0 Å². The summed E-state index contributed by atoms with van der Waals surface area (Å²) in [4.78, 5) is 0. The van der Waals surface area contributed by atoms with Crippen molar-refractivity contribution in [1.29, 1.82) is 0 Å². The highest BCUT2D eigenvalue weighted by Crippen LogP contribution is 2.24. The van der Waals surface area contributed by atoms with Gasteiger partial charge in [0.15, 0.2) is 0 Å². The molecule has 1 nitrogen and oxygen atoms in total. The Balaban J connectivity index is 2.19. The van der Waals surface area contributed by atoms with Gasteiger partial charge in [-0.15, -0.1) is 0 Å². The molecule has 0 atom stereocenters. The molecular formula is C9H15O. The molecule has 10 heavy (non-hydrogen) atoms. The Morgan fingerprint density at radius 1 is 1.20 bits per heavy atom. The van der Waals surface area contributed by atoms with Gasteiger partial charge < -0.3 is 0 Å². The SMILES string of the molecule is [O]C/C=C/C1CCCCC1. The molecule has 0 aromatic rings. The maximum Gasteiger partial charge on any atom is 0.100 e. The Labute approximate surface area is 62.8 Å². The summed E-state index contributed by atoms with van der Waals surface area (Å²) in [6.07, 6.45) is 10.6. The molecule has 0 heterocycles. The Morgan fingerprint density at radius 2 is 1.90 bits per heavy atom. The molecule has 1 aliphatic rings. The lowest BCUT2D eigenvalue weighted by Gasteiger charge is -2.17. The highest BCUT2D eigenvalue weighted by molar-refractivity contribution is 4.89. The quantitative estimate of drug-likeness (QED) is 0.524. The lowest BCUT2D eigenvalue weighted by molar-refractivity contribution is 0.231. The lowest BCUT2D eigenvalue weighted by Crippen LogP contribution is -2.02. The third kappa shape index (κ3) is 2.53. The monoisotopic (exact) mass is 139 g/mol. The highest BCUT2D eigenvalue weighted by Gasteiger charge is 2.08. The summed E-state index contributed by atoms with van der Waals surface area (Å²) in [5, 5.41) is 10.1. The molecule has 1 fully saturated rings. The van der Waals surface area contributed by atoms with E-state index in [0.717, 1.165) is 5.92 Å². The molecule has 1 saturated carbocycles. The van der Waals surface area contributed by atoms with Gasteiger partial charge in [0, 0.05) is 0 Å². The van der Waals surface area contributed by atoms with Crippen molar-refractivity contribution >= 4 is 0 Å². The molecule has 0 aliphatic heterocycles. The van der Waals surface area contributed by atoms with Gasteiger partial charge in [-0.2, -0.15) is 0 Å². The molecule has 1 heteroatoms. The first-order chi connectivity index (χ1) is 4.93. The molecule has 0 amide bonds. The van der Waals surface area contributed by atoms with Crippen molar-refractivity contribution in [1.82, 2.24) is 0 Å². The molecule has 1 radical (unpaired) electrons. The predicted molar refractivity (Wildman–Crippen MR) is 41.3 cm³/mol. The second kappa shape index (κ2) is 4.51. The van der Waals surface area contributed by atoms with Crippen LogP contribution in [0, 0.1) is 5.92 Å². The third-order valence-electron chi connectivity index (χ3n) is 2.15. The van der Waals surface area contributed by atoms with Crippen molar-refractivity contribution in [2.24, 2.45) is 5.92 Å². The molecular weight excluding hydrogens is 124 g/mol. The fourth-order valence-corrected chi connectivity index (χ4v) is 1.57. The van der Waals surface area contributed by atoms with Crippen LogP contribution in [0.15, 0.2) is 12.2 Å². The molecule has 0 bridgehead atoms. The smallest absolute Gasteiger partial charge is 0.100 e. The van der Waals surface area contributed by atoms with Crippen molar-refractivity contribution in [2.75, 3.05) is 6.61 Å². The van der Waals surface area contributed by atoms with Crippen LogP contribution >= 0.6 is 0 Å². The normalized spacial score (nSPS) is 22.1. The van der Waals surface area contributed by atoms with Gasteiger partial charge >= 0.3 is 0 Å². The van der Waals surface area contributed by atoms with Crippen molar-refractivity contribution in [3.05, 3.63) is 12.2 Å². The lowest BCUT2D eigenvalue weighted by atomic mass is 9.89. The van der Waals surface area contributed by atoms with Gasteiger partial charge in [-0.1, -0.05) is 31.4 Å². The molecule has 0 saturated heterocycles. The average molecular weight is 139 g/mol. The van der Waals surface area contributed by atoms with Gasteiger partial charge in [-0.05, 0) is 18.8 Å². The van der Waals surface area contributed by atoms with Crippen molar-refractivity contribution in [3.8, 4) is 0 Å². The zero-order chi connectivity index (χ0) is 7.23. The zero-order valence-corrected chi connectivity index (χ0v) is 6.38. The Kier molecular flexibility index (Phi) is 3.52. The van der Waals surface area contributed by atoms with Crippen LogP contribution in [0.3, 0.4) is 0 Å². The van der Waals surface area contributed by atoms with E-state index in [1.807, 2.05) is 0 Å². The van der Waals surface area contributed by atoms with Crippen LogP contribution in [-0.2, 0) is 5.11 Å². The fraction of sp³-hybridized carbons (Fsp3) is 0.778. The van der Waals surface area contributed by atoms with E-state index < -0.39 is 0 Å². The van der Waals surface area contributed by atoms with Crippen molar-refractivity contribution in [3.63, 3.8) is 0 Å². The van der Waals surface area contributed by atoms with Gasteiger partial charge in [-0.3, -0.25) is 0 Å². The summed E-state index contributed by atoms with van der Waals surface area (Å²) in [6.45, 7) is -0.0451. The summed E-state index contributed by atoms with van der Waals surface area (Å²) in [7, 11) is 0. The van der Waals surface area contributed by atoms with Crippen LogP contribution < -0.4 is 0 Å². The number of hydrogen-bond acceptors (Lipinski definition) is 0. The van der Waals surface area contributed by atoms with E-state index in [9.17, 15) is 5.11 Å². The van der Waals surface area contributed by atoms with Crippen LogP contribution in [0.5, 0.6) is 0 Å². The molecule has 1 rings (SSSR count). The average Bonchev–Trinajstić information content (AvgIpc) is 2.03. The second-order valence-electron chi connectivity index (χ2n) is 2.99. The third-order valence-corrected chi connectivity index (χ3v) is 2.15.